The third-order valence-corrected chi connectivity index (χ3v) is 5.26. The number of aryl methyl sites for hydroxylation is 1. The first kappa shape index (κ1) is 18.4. The van der Waals surface area contributed by atoms with Crippen LogP contribution in [0.5, 0.6) is 0 Å². The van der Waals surface area contributed by atoms with Crippen LogP contribution in [-0.4, -0.2) is 41.0 Å². The van der Waals surface area contributed by atoms with Crippen LogP contribution in [0.1, 0.15) is 42.8 Å². The summed E-state index contributed by atoms with van der Waals surface area (Å²) in [5, 5.41) is 3.47. The Balaban J connectivity index is 1.63. The van der Waals surface area contributed by atoms with Crippen LogP contribution in [0.4, 0.5) is 0 Å². The fourth-order valence-corrected chi connectivity index (χ4v) is 3.88. The fraction of sp³-hybridized carbons (Fsp3) is 0.476. The number of piperidine rings is 1. The molecule has 5 nitrogen and oxygen atoms in total. The van der Waals surface area contributed by atoms with Crippen molar-refractivity contribution in [2.24, 2.45) is 10.9 Å². The number of hydrogen-bond acceptors (Lipinski definition) is 3. The molecule has 0 amide bonds. The van der Waals surface area contributed by atoms with Crippen LogP contribution in [-0.2, 0) is 6.54 Å². The highest BCUT2D eigenvalue weighted by Gasteiger charge is 2.30. The number of benzene rings is 1. The Kier molecular flexibility index (Phi) is 6.21. The maximum Gasteiger partial charge on any atom is 0.193 e. The van der Waals surface area contributed by atoms with E-state index in [1.165, 1.54) is 12.0 Å². The number of nitrogens with zero attached hydrogens (tertiary/aromatic N) is 4. The molecule has 2 aromatic rings. The number of rotatable bonds is 4. The molecule has 1 aromatic carbocycles. The molecule has 138 valence electrons. The van der Waals surface area contributed by atoms with E-state index in [-0.39, 0.29) is 0 Å². The number of aliphatic imine (C=N–C) groups is 1. The second-order valence-electron chi connectivity index (χ2n) is 6.92. The number of guanidine groups is 1. The molecular weight excluding hydrogens is 322 g/mol. The molecule has 1 fully saturated rings. The standard InChI is InChI=1S/C21H29N5/c1-4-17-15-26(13-11-20(17)18-8-6-5-7-9-18)21(22-3)24-14-19-10-12-23-16(2)25-19/h5-10,12,17,20H,4,11,13-15H2,1-3H3,(H,22,24). The van der Waals surface area contributed by atoms with Gasteiger partial charge < -0.3 is 10.2 Å². The highest BCUT2D eigenvalue weighted by molar-refractivity contribution is 5.80. The summed E-state index contributed by atoms with van der Waals surface area (Å²) in [5.74, 6) is 3.05. The number of hydrogen-bond donors (Lipinski definition) is 1. The lowest BCUT2D eigenvalue weighted by Gasteiger charge is -2.40. The molecule has 0 spiro atoms. The van der Waals surface area contributed by atoms with Crippen LogP contribution in [0.2, 0.25) is 0 Å². The second-order valence-corrected chi connectivity index (χ2v) is 6.92. The van der Waals surface area contributed by atoms with Gasteiger partial charge in [-0.25, -0.2) is 9.97 Å². The van der Waals surface area contributed by atoms with Gasteiger partial charge in [-0.2, -0.15) is 0 Å². The Morgan fingerprint density at radius 1 is 1.27 bits per heavy atom. The van der Waals surface area contributed by atoms with Gasteiger partial charge in [0.25, 0.3) is 0 Å². The minimum absolute atomic E-state index is 0.639. The van der Waals surface area contributed by atoms with Crippen LogP contribution in [0.15, 0.2) is 47.6 Å². The van der Waals surface area contributed by atoms with Gasteiger partial charge in [-0.15, -0.1) is 0 Å². The number of likely N-dealkylation sites (tertiary alicyclic amines) is 1. The summed E-state index contributed by atoms with van der Waals surface area (Å²) in [4.78, 5) is 15.5. The van der Waals surface area contributed by atoms with Gasteiger partial charge in [-0.3, -0.25) is 4.99 Å². The molecule has 1 aromatic heterocycles. The minimum Gasteiger partial charge on any atom is -0.351 e. The van der Waals surface area contributed by atoms with Crippen molar-refractivity contribution in [3.8, 4) is 0 Å². The third-order valence-electron chi connectivity index (χ3n) is 5.26. The monoisotopic (exact) mass is 351 g/mol. The SMILES string of the molecule is CCC1CN(C(=NC)NCc2ccnc(C)n2)CCC1c1ccccc1. The fourth-order valence-electron chi connectivity index (χ4n) is 3.88. The Labute approximate surface area is 156 Å². The molecule has 0 bridgehead atoms. The molecule has 5 heteroatoms. The number of aromatic nitrogens is 2. The van der Waals surface area contributed by atoms with Crippen LogP contribution in [0.25, 0.3) is 0 Å². The molecule has 1 N–H and O–H groups in total. The topological polar surface area (TPSA) is 53.4 Å². The zero-order chi connectivity index (χ0) is 18.4. The molecule has 0 radical (unpaired) electrons. The second kappa shape index (κ2) is 8.79. The molecule has 0 aliphatic carbocycles. The largest absolute Gasteiger partial charge is 0.351 e. The summed E-state index contributed by atoms with van der Waals surface area (Å²) in [6, 6.07) is 12.9. The van der Waals surface area contributed by atoms with E-state index in [9.17, 15) is 0 Å². The van der Waals surface area contributed by atoms with Crippen LogP contribution < -0.4 is 5.32 Å². The van der Waals surface area contributed by atoms with Gasteiger partial charge in [-0.05, 0) is 36.8 Å². The van der Waals surface area contributed by atoms with Crippen molar-refractivity contribution >= 4 is 5.96 Å². The Hall–Kier alpha value is -2.43. The molecule has 1 saturated heterocycles. The van der Waals surface area contributed by atoms with E-state index in [0.29, 0.717) is 18.4 Å². The average Bonchev–Trinajstić information content (AvgIpc) is 2.69. The van der Waals surface area contributed by atoms with E-state index in [4.69, 9.17) is 0 Å². The van der Waals surface area contributed by atoms with E-state index < -0.39 is 0 Å². The molecule has 2 atom stereocenters. The smallest absolute Gasteiger partial charge is 0.193 e. The first-order valence-electron chi connectivity index (χ1n) is 9.50. The van der Waals surface area contributed by atoms with Gasteiger partial charge in [0.05, 0.1) is 12.2 Å². The zero-order valence-electron chi connectivity index (χ0n) is 16.0. The molecule has 2 heterocycles. The van der Waals surface area contributed by atoms with E-state index in [1.54, 1.807) is 6.20 Å². The van der Waals surface area contributed by atoms with E-state index in [1.807, 2.05) is 20.0 Å². The van der Waals surface area contributed by atoms with E-state index in [2.05, 4.69) is 62.4 Å². The lowest BCUT2D eigenvalue weighted by Crippen LogP contribution is -2.48. The average molecular weight is 351 g/mol. The maximum atomic E-state index is 4.50. The van der Waals surface area contributed by atoms with Crippen molar-refractivity contribution in [1.82, 2.24) is 20.2 Å². The van der Waals surface area contributed by atoms with Crippen LogP contribution in [0, 0.1) is 12.8 Å². The van der Waals surface area contributed by atoms with Crippen molar-refractivity contribution in [1.29, 1.82) is 0 Å². The predicted molar refractivity (Wildman–Crippen MR) is 106 cm³/mol. The summed E-state index contributed by atoms with van der Waals surface area (Å²) < 4.78 is 0. The maximum absolute atomic E-state index is 4.50. The van der Waals surface area contributed by atoms with Gasteiger partial charge in [0.2, 0.25) is 0 Å². The van der Waals surface area contributed by atoms with Gasteiger partial charge in [0.15, 0.2) is 5.96 Å². The van der Waals surface area contributed by atoms with Crippen LogP contribution in [0.3, 0.4) is 0 Å². The summed E-state index contributed by atoms with van der Waals surface area (Å²) >= 11 is 0. The van der Waals surface area contributed by atoms with Gasteiger partial charge >= 0.3 is 0 Å². The molecule has 1 aliphatic rings. The van der Waals surface area contributed by atoms with Crippen LogP contribution >= 0.6 is 0 Å². The Morgan fingerprint density at radius 2 is 2.08 bits per heavy atom. The van der Waals surface area contributed by atoms with Crippen molar-refractivity contribution in [3.63, 3.8) is 0 Å². The molecular formula is C21H29N5. The Morgan fingerprint density at radius 3 is 2.77 bits per heavy atom. The van der Waals surface area contributed by atoms with Crippen molar-refractivity contribution in [2.45, 2.75) is 39.2 Å². The Bertz CT molecular complexity index is 728. The van der Waals surface area contributed by atoms with Crippen molar-refractivity contribution in [2.75, 3.05) is 20.1 Å². The summed E-state index contributed by atoms with van der Waals surface area (Å²) in [6.45, 7) is 6.95. The lowest BCUT2D eigenvalue weighted by atomic mass is 9.79. The van der Waals surface area contributed by atoms with Crippen molar-refractivity contribution < 1.29 is 0 Å². The third kappa shape index (κ3) is 4.40. The quantitative estimate of drug-likeness (QED) is 0.678. The van der Waals surface area contributed by atoms with Gasteiger partial charge in [0.1, 0.15) is 5.82 Å². The summed E-state index contributed by atoms with van der Waals surface area (Å²) in [6.07, 6.45) is 4.15. The molecule has 2 unspecified atom stereocenters. The summed E-state index contributed by atoms with van der Waals surface area (Å²) in [7, 11) is 1.86. The normalized spacial score (nSPS) is 20.9. The van der Waals surface area contributed by atoms with Gasteiger partial charge in [0, 0.05) is 26.3 Å². The highest BCUT2D eigenvalue weighted by atomic mass is 15.3. The predicted octanol–water partition coefficient (Wildman–Crippen LogP) is 3.38. The number of nitrogens with one attached hydrogen (secondary N) is 1. The molecule has 0 saturated carbocycles. The summed E-state index contributed by atoms with van der Waals surface area (Å²) in [5.41, 5.74) is 2.46. The molecule has 26 heavy (non-hydrogen) atoms. The first-order valence-corrected chi connectivity index (χ1v) is 9.50. The zero-order valence-corrected chi connectivity index (χ0v) is 16.0. The van der Waals surface area contributed by atoms with E-state index in [0.717, 1.165) is 37.0 Å². The lowest BCUT2D eigenvalue weighted by molar-refractivity contribution is 0.215. The first-order chi connectivity index (χ1) is 12.7. The minimum atomic E-state index is 0.639. The molecule has 3 rings (SSSR count). The van der Waals surface area contributed by atoms with E-state index >= 15 is 0 Å². The van der Waals surface area contributed by atoms with Gasteiger partial charge in [-0.1, -0.05) is 43.7 Å². The highest BCUT2D eigenvalue weighted by Crippen LogP contribution is 2.34. The van der Waals surface area contributed by atoms with Crippen molar-refractivity contribution in [3.05, 3.63) is 59.7 Å². The molecule has 1 aliphatic heterocycles.